The third-order valence-corrected chi connectivity index (χ3v) is 5.78. The first-order valence-electron chi connectivity index (χ1n) is 10.3. The van der Waals surface area contributed by atoms with Gasteiger partial charge in [0.25, 0.3) is 0 Å². The lowest BCUT2D eigenvalue weighted by atomic mass is 9.84. The Bertz CT molecular complexity index is 990. The molecular formula is C24H28F3NO2Si. The predicted octanol–water partition coefficient (Wildman–Crippen LogP) is 7.04. The zero-order chi connectivity index (χ0) is 22.8. The molecule has 0 saturated carbocycles. The molecule has 166 valence electrons. The van der Waals surface area contributed by atoms with E-state index in [0.717, 1.165) is 23.3 Å². The van der Waals surface area contributed by atoms with E-state index in [2.05, 4.69) is 39.0 Å². The van der Waals surface area contributed by atoms with Crippen molar-refractivity contribution in [3.8, 4) is 11.3 Å². The largest absolute Gasteiger partial charge is 0.416 e. The van der Waals surface area contributed by atoms with Gasteiger partial charge >= 0.3 is 6.18 Å². The van der Waals surface area contributed by atoms with Crippen molar-refractivity contribution in [3.63, 3.8) is 0 Å². The van der Waals surface area contributed by atoms with E-state index in [-0.39, 0.29) is 11.5 Å². The molecule has 0 amide bonds. The highest BCUT2D eigenvalue weighted by molar-refractivity contribution is 6.48. The molecule has 3 rings (SSSR count). The number of rotatable bonds is 6. The Morgan fingerprint density at radius 1 is 0.968 bits per heavy atom. The highest BCUT2D eigenvalue weighted by atomic mass is 28.3. The molecule has 0 aliphatic carbocycles. The van der Waals surface area contributed by atoms with Gasteiger partial charge in [-0.2, -0.15) is 13.2 Å². The van der Waals surface area contributed by atoms with Gasteiger partial charge in [-0.1, -0.05) is 68.4 Å². The van der Waals surface area contributed by atoms with Gasteiger partial charge in [0.2, 0.25) is 0 Å². The molecule has 0 radical (unpaired) electrons. The van der Waals surface area contributed by atoms with Crippen LogP contribution in [0.3, 0.4) is 0 Å². The molecule has 0 bridgehead atoms. The van der Waals surface area contributed by atoms with Crippen molar-refractivity contribution >= 4 is 9.04 Å². The van der Waals surface area contributed by atoms with E-state index >= 15 is 0 Å². The summed E-state index contributed by atoms with van der Waals surface area (Å²) >= 11 is 0. The van der Waals surface area contributed by atoms with E-state index < -0.39 is 20.8 Å². The number of alkyl halides is 3. The van der Waals surface area contributed by atoms with E-state index in [4.69, 9.17) is 8.95 Å². The van der Waals surface area contributed by atoms with E-state index in [0.29, 0.717) is 23.4 Å². The second kappa shape index (κ2) is 9.00. The fraction of sp³-hybridized carbons (Fsp3) is 0.375. The van der Waals surface area contributed by atoms with Gasteiger partial charge in [0.05, 0.1) is 11.7 Å². The molecule has 0 fully saturated rings. The Balaban J connectivity index is 2.11. The van der Waals surface area contributed by atoms with Crippen molar-refractivity contribution < 1.29 is 22.1 Å². The maximum Gasteiger partial charge on any atom is 0.416 e. The molecular weight excluding hydrogens is 419 g/mol. The predicted molar refractivity (Wildman–Crippen MR) is 118 cm³/mol. The van der Waals surface area contributed by atoms with E-state index in [9.17, 15) is 13.2 Å². The SMILES string of the molecule is C[SiH](C)OC(c1noc(-c2ccc(C(F)(F)F)cc2)c1Cc1ccccc1)C(C)(C)C. The molecule has 1 unspecified atom stereocenters. The molecule has 3 aromatic rings. The zero-order valence-electron chi connectivity index (χ0n) is 18.5. The van der Waals surface area contributed by atoms with Crippen molar-refractivity contribution in [1.82, 2.24) is 5.16 Å². The Kier molecular flexibility index (Phi) is 6.76. The molecule has 0 aliphatic rings. The Labute approximate surface area is 183 Å². The zero-order valence-corrected chi connectivity index (χ0v) is 19.6. The number of halogens is 3. The first kappa shape index (κ1) is 23.3. The van der Waals surface area contributed by atoms with Crippen LogP contribution in [0.5, 0.6) is 0 Å². The summed E-state index contributed by atoms with van der Waals surface area (Å²) < 4.78 is 51.1. The van der Waals surface area contributed by atoms with Crippen LogP contribution >= 0.6 is 0 Å². The molecule has 0 spiro atoms. The van der Waals surface area contributed by atoms with Crippen LogP contribution in [0.2, 0.25) is 13.1 Å². The number of benzene rings is 2. The summed E-state index contributed by atoms with van der Waals surface area (Å²) in [4.78, 5) is 0. The molecule has 0 N–H and O–H groups in total. The van der Waals surface area contributed by atoms with Gasteiger partial charge in [-0.15, -0.1) is 0 Å². The summed E-state index contributed by atoms with van der Waals surface area (Å²) in [6, 6.07) is 14.9. The van der Waals surface area contributed by atoms with Crippen LogP contribution in [0.15, 0.2) is 59.1 Å². The van der Waals surface area contributed by atoms with Gasteiger partial charge in [-0.25, -0.2) is 0 Å². The normalized spacial score (nSPS) is 13.6. The molecule has 1 heterocycles. The minimum Gasteiger partial charge on any atom is -0.411 e. The third kappa shape index (κ3) is 5.65. The lowest BCUT2D eigenvalue weighted by Crippen LogP contribution is -2.27. The highest BCUT2D eigenvalue weighted by Crippen LogP contribution is 2.41. The smallest absolute Gasteiger partial charge is 0.411 e. The summed E-state index contributed by atoms with van der Waals surface area (Å²) in [7, 11) is -1.40. The summed E-state index contributed by atoms with van der Waals surface area (Å²) in [5.41, 5.74) is 2.27. The van der Waals surface area contributed by atoms with Gasteiger partial charge < -0.3 is 8.95 Å². The maximum atomic E-state index is 13.0. The quantitative estimate of drug-likeness (QED) is 0.380. The summed E-state index contributed by atoms with van der Waals surface area (Å²) in [6.07, 6.45) is -4.11. The van der Waals surface area contributed by atoms with Crippen LogP contribution < -0.4 is 0 Å². The maximum absolute atomic E-state index is 13.0. The minimum atomic E-state index is -4.38. The molecule has 0 aliphatic heterocycles. The number of hydrogen-bond acceptors (Lipinski definition) is 3. The van der Waals surface area contributed by atoms with Crippen molar-refractivity contribution in [3.05, 3.63) is 77.0 Å². The molecule has 31 heavy (non-hydrogen) atoms. The van der Waals surface area contributed by atoms with Crippen LogP contribution in [-0.2, 0) is 17.0 Å². The summed E-state index contributed by atoms with van der Waals surface area (Å²) in [6.45, 7) is 10.5. The Hall–Kier alpha value is -2.38. The highest BCUT2D eigenvalue weighted by Gasteiger charge is 2.35. The van der Waals surface area contributed by atoms with Crippen molar-refractivity contribution in [1.29, 1.82) is 0 Å². The van der Waals surface area contributed by atoms with Crippen molar-refractivity contribution in [2.45, 2.75) is 52.6 Å². The van der Waals surface area contributed by atoms with Crippen LogP contribution in [0.1, 0.15) is 49.3 Å². The van der Waals surface area contributed by atoms with Gasteiger partial charge in [0.1, 0.15) is 5.69 Å². The second-order valence-corrected chi connectivity index (χ2v) is 11.4. The fourth-order valence-corrected chi connectivity index (χ4v) is 4.57. The van der Waals surface area contributed by atoms with E-state index in [1.165, 1.54) is 12.1 Å². The van der Waals surface area contributed by atoms with Gasteiger partial charge in [-0.05, 0) is 36.2 Å². The summed E-state index contributed by atoms with van der Waals surface area (Å²) in [5.74, 6) is 0.482. The van der Waals surface area contributed by atoms with Gasteiger partial charge in [0, 0.05) is 17.5 Å². The molecule has 7 heteroatoms. The average molecular weight is 448 g/mol. The summed E-state index contributed by atoms with van der Waals surface area (Å²) in [5, 5.41) is 4.38. The molecule has 2 aromatic carbocycles. The van der Waals surface area contributed by atoms with Crippen LogP contribution in [0, 0.1) is 5.41 Å². The standard InChI is InChI=1S/C24H28F3NO2Si/c1-23(2,3)22(30-31(4)5)20-19(15-16-9-7-6-8-10-16)21(29-28-20)17-11-13-18(14-12-17)24(25,26)27/h6-14,22,31H,15H2,1-5H3. The van der Waals surface area contributed by atoms with Crippen LogP contribution in [-0.4, -0.2) is 14.2 Å². The molecule has 0 saturated heterocycles. The third-order valence-electron chi connectivity index (χ3n) is 4.96. The van der Waals surface area contributed by atoms with E-state index in [1.54, 1.807) is 0 Å². The fourth-order valence-electron chi connectivity index (χ4n) is 3.49. The lowest BCUT2D eigenvalue weighted by Gasteiger charge is -2.31. The van der Waals surface area contributed by atoms with Crippen LogP contribution in [0.4, 0.5) is 13.2 Å². The molecule has 3 nitrogen and oxygen atoms in total. The first-order valence-corrected chi connectivity index (χ1v) is 13.1. The molecule has 1 aromatic heterocycles. The monoisotopic (exact) mass is 447 g/mol. The minimum absolute atomic E-state index is 0.225. The van der Waals surface area contributed by atoms with Gasteiger partial charge in [-0.3, -0.25) is 0 Å². The average Bonchev–Trinajstić information content (AvgIpc) is 3.08. The van der Waals surface area contributed by atoms with Gasteiger partial charge in [0.15, 0.2) is 14.8 Å². The van der Waals surface area contributed by atoms with E-state index in [1.807, 2.05) is 30.3 Å². The number of hydrogen-bond donors (Lipinski definition) is 0. The Morgan fingerprint density at radius 2 is 1.58 bits per heavy atom. The molecule has 1 atom stereocenters. The lowest BCUT2D eigenvalue weighted by molar-refractivity contribution is -0.137. The number of nitrogens with zero attached hydrogens (tertiary/aromatic N) is 1. The number of aromatic nitrogens is 1. The van der Waals surface area contributed by atoms with Crippen molar-refractivity contribution in [2.75, 3.05) is 0 Å². The van der Waals surface area contributed by atoms with Crippen molar-refractivity contribution in [2.24, 2.45) is 5.41 Å². The topological polar surface area (TPSA) is 35.3 Å². The first-order chi connectivity index (χ1) is 14.5. The van der Waals surface area contributed by atoms with Crippen LogP contribution in [0.25, 0.3) is 11.3 Å². The Morgan fingerprint density at radius 3 is 2.10 bits per heavy atom. The second-order valence-electron chi connectivity index (χ2n) is 9.04.